The van der Waals surface area contributed by atoms with Crippen molar-refractivity contribution in [3.05, 3.63) is 23.5 Å². The summed E-state index contributed by atoms with van der Waals surface area (Å²) in [6.45, 7) is 9.62. The van der Waals surface area contributed by atoms with Crippen LogP contribution in [-0.2, 0) is 13.6 Å². The zero-order valence-electron chi connectivity index (χ0n) is 13.3. The minimum Gasteiger partial charge on any atom is -0.370 e. The van der Waals surface area contributed by atoms with Crippen molar-refractivity contribution in [3.63, 3.8) is 0 Å². The van der Waals surface area contributed by atoms with E-state index in [1.54, 1.807) is 11.0 Å². The van der Waals surface area contributed by atoms with Crippen molar-refractivity contribution >= 4 is 11.6 Å². The third-order valence-corrected chi connectivity index (χ3v) is 3.08. The number of rotatable bonds is 6. The first kappa shape index (κ1) is 15.2. The average molecular weight is 289 g/mol. The number of hydrogen-bond acceptors (Lipinski definition) is 6. The van der Waals surface area contributed by atoms with Gasteiger partial charge in [-0.15, -0.1) is 0 Å². The fourth-order valence-electron chi connectivity index (χ4n) is 1.93. The first-order valence-electron chi connectivity index (χ1n) is 7.22. The summed E-state index contributed by atoms with van der Waals surface area (Å²) in [6, 6.07) is 0. The number of aromatic nitrogens is 5. The monoisotopic (exact) mass is 289 g/mol. The maximum Gasteiger partial charge on any atom is 0.169 e. The van der Waals surface area contributed by atoms with E-state index in [1.807, 2.05) is 14.0 Å². The van der Waals surface area contributed by atoms with Crippen LogP contribution in [0.4, 0.5) is 11.6 Å². The molecule has 0 atom stereocenters. The van der Waals surface area contributed by atoms with Gasteiger partial charge in [0.25, 0.3) is 0 Å². The molecule has 0 aromatic carbocycles. The van der Waals surface area contributed by atoms with Crippen molar-refractivity contribution in [2.75, 3.05) is 17.2 Å². The minimum atomic E-state index is 0.275. The highest BCUT2D eigenvalue weighted by atomic mass is 15.3. The van der Waals surface area contributed by atoms with Crippen LogP contribution in [0.2, 0.25) is 0 Å². The minimum absolute atomic E-state index is 0.275. The van der Waals surface area contributed by atoms with Crippen molar-refractivity contribution in [3.8, 4) is 0 Å². The third-order valence-electron chi connectivity index (χ3n) is 3.08. The largest absolute Gasteiger partial charge is 0.370 e. The summed E-state index contributed by atoms with van der Waals surface area (Å²) in [5, 5.41) is 10.9. The molecule has 2 heterocycles. The normalized spacial score (nSPS) is 11.0. The third kappa shape index (κ3) is 3.68. The number of hydrogen-bond donors (Lipinski definition) is 2. The molecule has 21 heavy (non-hydrogen) atoms. The van der Waals surface area contributed by atoms with Gasteiger partial charge < -0.3 is 10.6 Å². The molecule has 2 rings (SSSR count). The van der Waals surface area contributed by atoms with Crippen molar-refractivity contribution in [2.24, 2.45) is 7.05 Å². The molecule has 2 aromatic heterocycles. The van der Waals surface area contributed by atoms with Crippen LogP contribution in [0, 0.1) is 6.92 Å². The topological polar surface area (TPSA) is 80.5 Å². The van der Waals surface area contributed by atoms with Gasteiger partial charge in [0.15, 0.2) is 5.82 Å². The predicted molar refractivity (Wildman–Crippen MR) is 83.4 cm³/mol. The lowest BCUT2D eigenvalue weighted by Gasteiger charge is -2.15. The first-order valence-corrected chi connectivity index (χ1v) is 7.22. The molecule has 114 valence electrons. The van der Waals surface area contributed by atoms with Gasteiger partial charge in [-0.3, -0.25) is 4.68 Å². The second-order valence-electron chi connectivity index (χ2n) is 5.28. The molecule has 0 aliphatic rings. The molecule has 7 heteroatoms. The summed E-state index contributed by atoms with van der Waals surface area (Å²) < 4.78 is 1.69. The highest BCUT2D eigenvalue weighted by molar-refractivity contribution is 5.57. The van der Waals surface area contributed by atoms with Crippen LogP contribution in [0.15, 0.2) is 6.33 Å². The fourth-order valence-corrected chi connectivity index (χ4v) is 1.93. The van der Waals surface area contributed by atoms with Crippen molar-refractivity contribution < 1.29 is 0 Å². The zero-order chi connectivity index (χ0) is 15.4. The Hall–Kier alpha value is -2.18. The molecular formula is C14H23N7. The lowest BCUT2D eigenvalue weighted by molar-refractivity contribution is 0.744. The average Bonchev–Trinajstić information content (AvgIpc) is 2.85. The standard InChI is InChI=1S/C14H23N7/c1-6-15-13-10(4)14(19-12(18-13)9(2)3)16-7-11-17-8-21(5)20-11/h8-9H,6-7H2,1-5H3,(H2,15,16,18,19). The molecule has 0 radical (unpaired) electrons. The van der Waals surface area contributed by atoms with Gasteiger partial charge in [-0.25, -0.2) is 15.0 Å². The highest BCUT2D eigenvalue weighted by Gasteiger charge is 2.13. The second-order valence-corrected chi connectivity index (χ2v) is 5.28. The maximum absolute atomic E-state index is 4.61. The van der Waals surface area contributed by atoms with Crippen LogP contribution in [0.25, 0.3) is 0 Å². The Morgan fingerprint density at radius 3 is 2.38 bits per heavy atom. The SMILES string of the molecule is CCNc1nc(C(C)C)nc(NCc2ncn(C)n2)c1C. The molecule has 0 spiro atoms. The molecule has 0 aliphatic carbocycles. The summed E-state index contributed by atoms with van der Waals surface area (Å²) >= 11 is 0. The van der Waals surface area contributed by atoms with Crippen molar-refractivity contribution in [1.82, 2.24) is 24.7 Å². The van der Waals surface area contributed by atoms with E-state index in [0.717, 1.165) is 35.4 Å². The lowest BCUT2D eigenvalue weighted by atomic mass is 10.2. The Morgan fingerprint density at radius 1 is 1.19 bits per heavy atom. The van der Waals surface area contributed by atoms with Crippen LogP contribution < -0.4 is 10.6 Å². The van der Waals surface area contributed by atoms with E-state index in [0.29, 0.717) is 6.54 Å². The Bertz CT molecular complexity index is 603. The molecule has 0 aliphatic heterocycles. The van der Waals surface area contributed by atoms with E-state index in [4.69, 9.17) is 0 Å². The van der Waals surface area contributed by atoms with Gasteiger partial charge in [0, 0.05) is 25.1 Å². The maximum atomic E-state index is 4.61. The van der Waals surface area contributed by atoms with E-state index in [2.05, 4.69) is 51.5 Å². The number of nitrogens with one attached hydrogen (secondary N) is 2. The Kier molecular flexibility index (Phi) is 4.72. The van der Waals surface area contributed by atoms with Crippen molar-refractivity contribution in [2.45, 2.75) is 40.2 Å². The van der Waals surface area contributed by atoms with Gasteiger partial charge in [-0.1, -0.05) is 13.8 Å². The van der Waals surface area contributed by atoms with Crippen LogP contribution >= 0.6 is 0 Å². The summed E-state index contributed by atoms with van der Waals surface area (Å²) in [7, 11) is 1.85. The van der Waals surface area contributed by atoms with E-state index >= 15 is 0 Å². The molecule has 0 amide bonds. The van der Waals surface area contributed by atoms with E-state index in [1.165, 1.54) is 0 Å². The van der Waals surface area contributed by atoms with Crippen LogP contribution in [-0.4, -0.2) is 31.3 Å². The number of nitrogens with zero attached hydrogens (tertiary/aromatic N) is 5. The zero-order valence-corrected chi connectivity index (χ0v) is 13.3. The molecule has 0 unspecified atom stereocenters. The van der Waals surface area contributed by atoms with E-state index in [9.17, 15) is 0 Å². The molecule has 0 fully saturated rings. The van der Waals surface area contributed by atoms with Gasteiger partial charge in [0.1, 0.15) is 23.8 Å². The smallest absolute Gasteiger partial charge is 0.169 e. The first-order chi connectivity index (χ1) is 10.0. The van der Waals surface area contributed by atoms with Gasteiger partial charge in [0.05, 0.1) is 6.54 Å². The van der Waals surface area contributed by atoms with Gasteiger partial charge in [0.2, 0.25) is 0 Å². The van der Waals surface area contributed by atoms with Crippen LogP contribution in [0.3, 0.4) is 0 Å². The van der Waals surface area contributed by atoms with Gasteiger partial charge in [-0.05, 0) is 13.8 Å². The number of aryl methyl sites for hydroxylation is 1. The number of anilines is 2. The van der Waals surface area contributed by atoms with Crippen molar-refractivity contribution in [1.29, 1.82) is 0 Å². The Morgan fingerprint density at radius 2 is 1.86 bits per heavy atom. The van der Waals surface area contributed by atoms with Crippen LogP contribution in [0.1, 0.15) is 43.9 Å². The molecule has 2 N–H and O–H groups in total. The molecule has 0 bridgehead atoms. The Labute approximate surface area is 125 Å². The summed E-state index contributed by atoms with van der Waals surface area (Å²) in [5.41, 5.74) is 1.01. The quantitative estimate of drug-likeness (QED) is 0.847. The summed E-state index contributed by atoms with van der Waals surface area (Å²) in [4.78, 5) is 13.4. The van der Waals surface area contributed by atoms with Crippen LogP contribution in [0.5, 0.6) is 0 Å². The van der Waals surface area contributed by atoms with Gasteiger partial charge >= 0.3 is 0 Å². The summed E-state index contributed by atoms with van der Waals surface area (Å²) in [5.74, 6) is 3.56. The predicted octanol–water partition coefficient (Wildman–Crippen LogP) is 2.08. The van der Waals surface area contributed by atoms with E-state index in [-0.39, 0.29) is 5.92 Å². The lowest BCUT2D eigenvalue weighted by Crippen LogP contribution is -2.12. The molecule has 7 nitrogen and oxygen atoms in total. The Balaban J connectivity index is 2.23. The summed E-state index contributed by atoms with van der Waals surface area (Å²) in [6.07, 6.45) is 1.69. The highest BCUT2D eigenvalue weighted by Crippen LogP contribution is 2.23. The van der Waals surface area contributed by atoms with Gasteiger partial charge in [-0.2, -0.15) is 5.10 Å². The molecule has 0 saturated heterocycles. The molecule has 0 saturated carbocycles. The second kappa shape index (κ2) is 6.51. The molecule has 2 aromatic rings. The van der Waals surface area contributed by atoms with E-state index < -0.39 is 0 Å². The molecular weight excluding hydrogens is 266 g/mol. The fraction of sp³-hybridized carbons (Fsp3) is 0.571.